The third-order valence-corrected chi connectivity index (χ3v) is 3.06. The highest BCUT2D eigenvalue weighted by molar-refractivity contribution is 5.93. The number of aromatic nitrogens is 1. The van der Waals surface area contributed by atoms with Gasteiger partial charge in [0.15, 0.2) is 0 Å². The minimum Gasteiger partial charge on any atom is -0.366 e. The number of halogens is 3. The van der Waals surface area contributed by atoms with Crippen molar-refractivity contribution in [1.29, 1.82) is 0 Å². The van der Waals surface area contributed by atoms with Gasteiger partial charge in [-0.2, -0.15) is 13.2 Å². The van der Waals surface area contributed by atoms with E-state index in [1.807, 2.05) is 0 Å². The zero-order valence-electron chi connectivity index (χ0n) is 12.0. The molecule has 2 aromatic rings. The van der Waals surface area contributed by atoms with Crippen LogP contribution in [0.4, 0.5) is 19.0 Å². The number of carbonyl (C=O) groups is 1. The van der Waals surface area contributed by atoms with Crippen LogP contribution in [0, 0.1) is 0 Å². The van der Waals surface area contributed by atoms with Crippen LogP contribution in [-0.2, 0) is 6.18 Å². The molecule has 0 radical (unpaired) electrons. The van der Waals surface area contributed by atoms with Crippen LogP contribution in [0.1, 0.15) is 15.9 Å². The van der Waals surface area contributed by atoms with Gasteiger partial charge in [-0.15, -0.1) is 0 Å². The predicted octanol–water partition coefficient (Wildman–Crippen LogP) is 2.93. The zero-order valence-corrected chi connectivity index (χ0v) is 12.0. The Morgan fingerprint density at radius 3 is 2.18 bits per heavy atom. The van der Waals surface area contributed by atoms with Gasteiger partial charge in [0.2, 0.25) is 5.91 Å². The molecule has 1 aromatic heterocycles. The molecule has 2 N–H and O–H groups in total. The highest BCUT2D eigenvalue weighted by Gasteiger charge is 2.32. The van der Waals surface area contributed by atoms with E-state index in [4.69, 9.17) is 5.73 Å². The molecular weight excluding hydrogens is 295 g/mol. The van der Waals surface area contributed by atoms with E-state index in [0.29, 0.717) is 5.56 Å². The normalized spacial score (nSPS) is 11.3. The average molecular weight is 309 g/mol. The molecule has 1 aromatic carbocycles. The summed E-state index contributed by atoms with van der Waals surface area (Å²) in [5.74, 6) is -0.402. The van der Waals surface area contributed by atoms with Crippen LogP contribution in [0.2, 0.25) is 0 Å². The lowest BCUT2D eigenvalue weighted by Gasteiger charge is -2.16. The molecule has 0 saturated heterocycles. The Hall–Kier alpha value is -2.57. The van der Waals surface area contributed by atoms with Crippen molar-refractivity contribution in [2.24, 2.45) is 5.73 Å². The summed E-state index contributed by atoms with van der Waals surface area (Å²) in [7, 11) is 3.23. The molecule has 0 fully saturated rings. The van der Waals surface area contributed by atoms with Crippen LogP contribution in [0.15, 0.2) is 36.4 Å². The van der Waals surface area contributed by atoms with Crippen LogP contribution in [0.25, 0.3) is 11.3 Å². The van der Waals surface area contributed by atoms with Crippen molar-refractivity contribution < 1.29 is 18.0 Å². The van der Waals surface area contributed by atoms with Gasteiger partial charge in [-0.05, 0) is 24.3 Å². The molecule has 2 rings (SSSR count). The van der Waals surface area contributed by atoms with E-state index in [1.165, 1.54) is 29.2 Å². The van der Waals surface area contributed by atoms with Crippen LogP contribution in [-0.4, -0.2) is 25.0 Å². The van der Waals surface area contributed by atoms with Crippen molar-refractivity contribution in [2.45, 2.75) is 6.18 Å². The van der Waals surface area contributed by atoms with E-state index in [-0.39, 0.29) is 17.1 Å². The average Bonchev–Trinajstić information content (AvgIpc) is 2.46. The maximum atomic E-state index is 13.0. The number of carbonyl (C=O) groups excluding carboxylic acids is 1. The van der Waals surface area contributed by atoms with Gasteiger partial charge in [0.1, 0.15) is 5.82 Å². The maximum Gasteiger partial charge on any atom is 0.416 e. The van der Waals surface area contributed by atoms with Gasteiger partial charge in [0, 0.05) is 25.2 Å². The van der Waals surface area contributed by atoms with Gasteiger partial charge < -0.3 is 10.6 Å². The number of alkyl halides is 3. The number of hydrogen-bond acceptors (Lipinski definition) is 3. The van der Waals surface area contributed by atoms with E-state index in [2.05, 4.69) is 4.98 Å². The summed E-state index contributed by atoms with van der Waals surface area (Å²) < 4.78 is 39.0. The minimum atomic E-state index is -4.46. The molecule has 22 heavy (non-hydrogen) atoms. The largest absolute Gasteiger partial charge is 0.416 e. The third-order valence-electron chi connectivity index (χ3n) is 3.06. The Kier molecular flexibility index (Phi) is 4.07. The lowest BCUT2D eigenvalue weighted by molar-refractivity contribution is -0.137. The lowest BCUT2D eigenvalue weighted by Crippen LogP contribution is -2.14. The quantitative estimate of drug-likeness (QED) is 0.948. The number of nitrogens with zero attached hydrogens (tertiary/aromatic N) is 2. The van der Waals surface area contributed by atoms with E-state index in [0.717, 1.165) is 12.1 Å². The van der Waals surface area contributed by atoms with E-state index in [1.54, 1.807) is 14.1 Å². The fraction of sp³-hybridized carbons (Fsp3) is 0.200. The van der Waals surface area contributed by atoms with Crippen LogP contribution in [0.3, 0.4) is 0 Å². The lowest BCUT2D eigenvalue weighted by atomic mass is 10.1. The number of benzene rings is 1. The maximum absolute atomic E-state index is 13.0. The third kappa shape index (κ3) is 3.36. The number of amides is 1. The molecule has 0 unspecified atom stereocenters. The summed E-state index contributed by atoms with van der Waals surface area (Å²) in [4.78, 5) is 16.7. The second-order valence-corrected chi connectivity index (χ2v) is 4.93. The summed E-state index contributed by atoms with van der Waals surface area (Å²) in [6, 6.07) is 7.90. The summed E-state index contributed by atoms with van der Waals surface area (Å²) in [6.07, 6.45) is -4.46. The van der Waals surface area contributed by atoms with Gasteiger partial charge in [0.05, 0.1) is 11.3 Å². The first-order chi connectivity index (χ1) is 10.2. The summed E-state index contributed by atoms with van der Waals surface area (Å²) in [5, 5.41) is 0. The first-order valence-electron chi connectivity index (χ1n) is 6.35. The molecule has 4 nitrogen and oxygen atoms in total. The van der Waals surface area contributed by atoms with Gasteiger partial charge in [-0.3, -0.25) is 4.79 Å². The van der Waals surface area contributed by atoms with Crippen molar-refractivity contribution in [3.8, 4) is 11.3 Å². The highest BCUT2D eigenvalue weighted by atomic mass is 19.4. The van der Waals surface area contributed by atoms with Crippen LogP contribution >= 0.6 is 0 Å². The van der Waals surface area contributed by atoms with E-state index in [9.17, 15) is 18.0 Å². The summed E-state index contributed by atoms with van der Waals surface area (Å²) in [5.41, 5.74) is 5.29. The summed E-state index contributed by atoms with van der Waals surface area (Å²) >= 11 is 0. The molecule has 0 aliphatic rings. The number of nitrogens with two attached hydrogens (primary N) is 1. The molecule has 0 saturated carbocycles. The Labute approximate surface area is 125 Å². The van der Waals surface area contributed by atoms with E-state index >= 15 is 0 Å². The molecule has 1 heterocycles. The van der Waals surface area contributed by atoms with Gasteiger partial charge in [0.25, 0.3) is 0 Å². The molecule has 1 amide bonds. The van der Waals surface area contributed by atoms with Crippen LogP contribution < -0.4 is 10.6 Å². The fourth-order valence-corrected chi connectivity index (χ4v) is 1.86. The molecular formula is C15H14F3N3O. The van der Waals surface area contributed by atoms with Crippen molar-refractivity contribution in [3.05, 3.63) is 47.5 Å². The first-order valence-corrected chi connectivity index (χ1v) is 6.35. The Morgan fingerprint density at radius 1 is 1.14 bits per heavy atom. The minimum absolute atomic E-state index is 0.176. The smallest absolute Gasteiger partial charge is 0.366 e. The van der Waals surface area contributed by atoms with Crippen LogP contribution in [0.5, 0.6) is 0 Å². The predicted molar refractivity (Wildman–Crippen MR) is 77.5 cm³/mol. The van der Waals surface area contributed by atoms with Crippen molar-refractivity contribution in [3.63, 3.8) is 0 Å². The molecule has 0 spiro atoms. The molecule has 7 heteroatoms. The van der Waals surface area contributed by atoms with Crippen molar-refractivity contribution >= 4 is 11.7 Å². The zero-order chi connectivity index (χ0) is 16.5. The second-order valence-electron chi connectivity index (χ2n) is 4.93. The first kappa shape index (κ1) is 15.8. The van der Waals surface area contributed by atoms with Gasteiger partial charge >= 0.3 is 6.18 Å². The fourth-order valence-electron chi connectivity index (χ4n) is 1.86. The summed E-state index contributed by atoms with van der Waals surface area (Å²) in [6.45, 7) is 0. The monoisotopic (exact) mass is 309 g/mol. The number of pyridine rings is 1. The molecule has 0 atom stereocenters. The SMILES string of the molecule is CN(C)c1cc(C(F)(F)F)cc(-c2ccc(C(N)=O)cc2)n1. The number of primary amides is 1. The van der Waals surface area contributed by atoms with Gasteiger partial charge in [-0.1, -0.05) is 12.1 Å². The number of anilines is 1. The molecule has 0 bridgehead atoms. The molecule has 0 aliphatic heterocycles. The number of rotatable bonds is 3. The van der Waals surface area contributed by atoms with Crippen molar-refractivity contribution in [2.75, 3.05) is 19.0 Å². The number of hydrogen-bond donors (Lipinski definition) is 1. The second kappa shape index (κ2) is 5.67. The molecule has 0 aliphatic carbocycles. The Balaban J connectivity index is 2.54. The van der Waals surface area contributed by atoms with Crippen molar-refractivity contribution in [1.82, 2.24) is 4.98 Å². The van der Waals surface area contributed by atoms with E-state index < -0.39 is 17.6 Å². The topological polar surface area (TPSA) is 59.2 Å². The Bertz CT molecular complexity index is 694. The Morgan fingerprint density at radius 2 is 1.73 bits per heavy atom. The highest BCUT2D eigenvalue weighted by Crippen LogP contribution is 2.33. The molecule has 116 valence electrons. The standard InChI is InChI=1S/C15H14F3N3O/c1-21(2)13-8-11(15(16,17)18)7-12(20-13)9-3-5-10(6-4-9)14(19)22/h3-8H,1-2H3,(H2,19,22). The van der Waals surface area contributed by atoms with Gasteiger partial charge in [-0.25, -0.2) is 4.98 Å².